The number of nitrogens with one attached hydrogen (secondary N) is 1. The van der Waals surface area contributed by atoms with Gasteiger partial charge in [0.2, 0.25) is 0 Å². The first kappa shape index (κ1) is 28.9. The monoisotopic (exact) mass is 637 g/mol. The summed E-state index contributed by atoms with van der Waals surface area (Å²) < 4.78 is 14.6. The maximum absolute atomic E-state index is 13.7. The summed E-state index contributed by atoms with van der Waals surface area (Å²) in [5.74, 6) is 2.30. The number of allylic oxidation sites excluding steroid dienone is 2. The number of hydrogen-bond donors (Lipinski definition) is 1. The topological polar surface area (TPSA) is 73.3 Å². The van der Waals surface area contributed by atoms with Crippen LogP contribution in [0, 0.1) is 12.7 Å². The van der Waals surface area contributed by atoms with Gasteiger partial charge in [0.25, 0.3) is 0 Å². The molecular formula is C34H33BrFN7. The first-order valence-corrected chi connectivity index (χ1v) is 15.2. The summed E-state index contributed by atoms with van der Waals surface area (Å²) in [6.07, 6.45) is 5.98. The lowest BCUT2D eigenvalue weighted by molar-refractivity contribution is 0.202. The van der Waals surface area contributed by atoms with Crippen molar-refractivity contribution in [2.45, 2.75) is 39.2 Å². The average molecular weight is 639 g/mol. The first-order valence-electron chi connectivity index (χ1n) is 14.4. The molecule has 7 nitrogen and oxygen atoms in total. The van der Waals surface area contributed by atoms with E-state index in [1.807, 2.05) is 49.2 Å². The number of likely N-dealkylation sites (tertiary alicyclic amines) is 1. The van der Waals surface area contributed by atoms with E-state index in [0.717, 1.165) is 76.7 Å². The number of piperidine rings is 1. The summed E-state index contributed by atoms with van der Waals surface area (Å²) in [6.45, 7) is 10.9. The van der Waals surface area contributed by atoms with Crippen LogP contribution >= 0.6 is 15.9 Å². The molecule has 0 spiro atoms. The Morgan fingerprint density at radius 3 is 2.44 bits per heavy atom. The number of aromatic amines is 1. The molecule has 1 saturated heterocycles. The van der Waals surface area contributed by atoms with E-state index in [4.69, 9.17) is 9.98 Å². The smallest absolute Gasteiger partial charge is 0.199 e. The Hall–Kier alpha value is -4.21. The fourth-order valence-corrected chi connectivity index (χ4v) is 5.83. The lowest BCUT2D eigenvalue weighted by atomic mass is 9.94. The highest BCUT2D eigenvalue weighted by atomic mass is 79.9. The summed E-state index contributed by atoms with van der Waals surface area (Å²) in [5, 5.41) is 7.59. The normalized spacial score (nSPS) is 16.8. The van der Waals surface area contributed by atoms with Crippen molar-refractivity contribution in [3.63, 3.8) is 0 Å². The number of hydrogen-bond acceptors (Lipinski definition) is 6. The zero-order chi connectivity index (χ0) is 29.9. The van der Waals surface area contributed by atoms with Crippen molar-refractivity contribution in [2.24, 2.45) is 4.99 Å². The summed E-state index contributed by atoms with van der Waals surface area (Å²) in [6, 6.07) is 21.0. The molecule has 2 aromatic heterocycles. The fourth-order valence-electron chi connectivity index (χ4n) is 5.52. The van der Waals surface area contributed by atoms with Crippen LogP contribution in [0.3, 0.4) is 0 Å². The third-order valence-corrected chi connectivity index (χ3v) is 8.72. The van der Waals surface area contributed by atoms with Gasteiger partial charge in [0.1, 0.15) is 23.2 Å². The van der Waals surface area contributed by atoms with Crippen molar-refractivity contribution >= 4 is 27.2 Å². The number of pyridine rings is 1. The molecule has 2 aliphatic heterocycles. The second-order valence-corrected chi connectivity index (χ2v) is 11.7. The van der Waals surface area contributed by atoms with Crippen LogP contribution < -0.4 is 0 Å². The van der Waals surface area contributed by atoms with Crippen molar-refractivity contribution in [3.05, 3.63) is 130 Å². The van der Waals surface area contributed by atoms with E-state index in [1.54, 1.807) is 12.1 Å². The zero-order valence-electron chi connectivity index (χ0n) is 24.3. The zero-order valence-corrected chi connectivity index (χ0v) is 25.9. The maximum Gasteiger partial charge on any atom is 0.199 e. The highest BCUT2D eigenvalue weighted by molar-refractivity contribution is 9.11. The Balaban J connectivity index is 1.12. The summed E-state index contributed by atoms with van der Waals surface area (Å²) in [5.41, 5.74) is 6.58. The number of aryl methyl sites for hydroxylation is 1. The SMILES string of the molecule is C=C1N=C(c2ccc(CN3CCC(c4nc(-c5cccc(C)n5)n[nH]4)CC3)cc2)C(c2ccc(F)cc2)=CN1/C(Br)=C\C. The van der Waals surface area contributed by atoms with Crippen LogP contribution in [0.2, 0.25) is 0 Å². The van der Waals surface area contributed by atoms with Gasteiger partial charge in [-0.1, -0.05) is 55.1 Å². The van der Waals surface area contributed by atoms with Crippen molar-refractivity contribution in [2.75, 3.05) is 13.1 Å². The second-order valence-electron chi connectivity index (χ2n) is 10.9. The van der Waals surface area contributed by atoms with Gasteiger partial charge < -0.3 is 0 Å². The molecule has 1 fully saturated rings. The van der Waals surface area contributed by atoms with Gasteiger partial charge >= 0.3 is 0 Å². The molecule has 0 radical (unpaired) electrons. The number of H-pyrrole nitrogens is 1. The number of nitrogens with zero attached hydrogens (tertiary/aromatic N) is 6. The Kier molecular flexibility index (Phi) is 8.44. The van der Waals surface area contributed by atoms with Gasteiger partial charge in [-0.25, -0.2) is 19.4 Å². The molecular weight excluding hydrogens is 605 g/mol. The van der Waals surface area contributed by atoms with Crippen LogP contribution in [0.25, 0.3) is 17.1 Å². The van der Waals surface area contributed by atoms with Crippen LogP contribution in [0.1, 0.15) is 53.9 Å². The minimum Gasteiger partial charge on any atom is -0.299 e. The van der Waals surface area contributed by atoms with Crippen molar-refractivity contribution in [1.29, 1.82) is 0 Å². The summed E-state index contributed by atoms with van der Waals surface area (Å²) in [4.78, 5) is 18.6. The Morgan fingerprint density at radius 1 is 1.02 bits per heavy atom. The molecule has 0 atom stereocenters. The van der Waals surface area contributed by atoms with Gasteiger partial charge in [-0.05, 0) is 91.1 Å². The molecule has 43 heavy (non-hydrogen) atoms. The van der Waals surface area contributed by atoms with E-state index < -0.39 is 0 Å². The summed E-state index contributed by atoms with van der Waals surface area (Å²) in [7, 11) is 0. The van der Waals surface area contributed by atoms with Gasteiger partial charge in [-0.3, -0.25) is 14.9 Å². The third-order valence-electron chi connectivity index (χ3n) is 7.88. The lowest BCUT2D eigenvalue weighted by Gasteiger charge is -2.31. The second kappa shape index (κ2) is 12.6. The summed E-state index contributed by atoms with van der Waals surface area (Å²) >= 11 is 3.59. The molecule has 9 heteroatoms. The van der Waals surface area contributed by atoms with Crippen molar-refractivity contribution in [3.8, 4) is 11.5 Å². The molecule has 2 aliphatic rings. The van der Waals surface area contributed by atoms with E-state index in [9.17, 15) is 4.39 Å². The van der Waals surface area contributed by atoms with E-state index in [-0.39, 0.29) is 5.82 Å². The molecule has 1 N–H and O–H groups in total. The maximum atomic E-state index is 13.7. The van der Waals surface area contributed by atoms with Gasteiger partial charge in [-0.15, -0.1) is 0 Å². The van der Waals surface area contributed by atoms with Gasteiger partial charge in [0.05, 0.1) is 10.3 Å². The molecule has 6 rings (SSSR count). The van der Waals surface area contributed by atoms with E-state index in [1.165, 1.54) is 17.7 Å². The fraction of sp³-hybridized carbons (Fsp3) is 0.235. The van der Waals surface area contributed by atoms with E-state index in [2.05, 4.69) is 66.9 Å². The van der Waals surface area contributed by atoms with Gasteiger partial charge in [0, 0.05) is 35.5 Å². The molecule has 0 aliphatic carbocycles. The Bertz CT molecular complexity index is 1710. The Labute approximate surface area is 259 Å². The largest absolute Gasteiger partial charge is 0.299 e. The quantitative estimate of drug-likeness (QED) is 0.212. The third kappa shape index (κ3) is 6.43. The molecule has 0 unspecified atom stereocenters. The number of benzene rings is 2. The molecule has 0 bridgehead atoms. The first-order chi connectivity index (χ1) is 20.9. The number of halogens is 2. The molecule has 0 amide bonds. The molecule has 4 heterocycles. The number of rotatable bonds is 7. The van der Waals surface area contributed by atoms with Gasteiger partial charge in [0.15, 0.2) is 5.82 Å². The highest BCUT2D eigenvalue weighted by Gasteiger charge is 2.25. The number of aliphatic imine (C=N–C) groups is 1. The van der Waals surface area contributed by atoms with Crippen LogP contribution in [0.5, 0.6) is 0 Å². The van der Waals surface area contributed by atoms with Crippen LogP contribution in [-0.2, 0) is 6.54 Å². The molecule has 4 aromatic rings. The highest BCUT2D eigenvalue weighted by Crippen LogP contribution is 2.32. The molecule has 0 saturated carbocycles. The minimum atomic E-state index is -0.270. The van der Waals surface area contributed by atoms with E-state index in [0.29, 0.717) is 17.6 Å². The lowest BCUT2D eigenvalue weighted by Crippen LogP contribution is -2.32. The molecule has 218 valence electrons. The Morgan fingerprint density at radius 2 is 1.74 bits per heavy atom. The number of aromatic nitrogens is 4. The van der Waals surface area contributed by atoms with Crippen LogP contribution in [-0.4, -0.2) is 48.8 Å². The van der Waals surface area contributed by atoms with E-state index >= 15 is 0 Å². The van der Waals surface area contributed by atoms with Crippen molar-refractivity contribution < 1.29 is 4.39 Å². The van der Waals surface area contributed by atoms with Gasteiger partial charge in [-0.2, -0.15) is 5.10 Å². The predicted octanol–water partition coefficient (Wildman–Crippen LogP) is 7.57. The van der Waals surface area contributed by atoms with Crippen molar-refractivity contribution in [1.82, 2.24) is 30.0 Å². The predicted molar refractivity (Wildman–Crippen MR) is 173 cm³/mol. The standard InChI is InChI=1S/C34H33BrFN7/c1-4-31(35)43-21-29(25-12-14-28(36)15-13-25)32(38-23(43)3)26-10-8-24(9-11-26)20-42-18-16-27(17-19-42)33-39-34(41-40-33)30-7-5-6-22(2)37-30/h4-15,21,27H,3,16-20H2,1-2H3,(H,39,40,41)/b31-4-. The minimum absolute atomic E-state index is 0.270. The van der Waals surface area contributed by atoms with Crippen LogP contribution in [0.15, 0.2) is 101 Å². The molecule has 2 aromatic carbocycles. The average Bonchev–Trinajstić information content (AvgIpc) is 3.52. The van der Waals surface area contributed by atoms with Crippen LogP contribution in [0.4, 0.5) is 4.39 Å².